The van der Waals surface area contributed by atoms with E-state index in [9.17, 15) is 19.7 Å². The zero-order valence-electron chi connectivity index (χ0n) is 8.68. The summed E-state index contributed by atoms with van der Waals surface area (Å²) >= 11 is 5.40. The number of Topliss-reactive ketones (excluding diaryl/α,β-unsaturated/α-hetero) is 2. The Morgan fingerprint density at radius 3 is 2.59 bits per heavy atom. The number of para-hydroxylation sites is 1. The lowest BCUT2D eigenvalue weighted by Crippen LogP contribution is -2.17. The lowest BCUT2D eigenvalue weighted by molar-refractivity contribution is -0.467. The summed E-state index contributed by atoms with van der Waals surface area (Å²) in [6.45, 7) is -0.845. The third-order valence-corrected chi connectivity index (χ3v) is 2.20. The third-order valence-electron chi connectivity index (χ3n) is 1.99. The number of hydrogen-bond acceptors (Lipinski definition) is 5. The average molecular weight is 257 g/mol. The quantitative estimate of drug-likeness (QED) is 0.275. The van der Waals surface area contributed by atoms with Crippen molar-refractivity contribution in [2.45, 2.75) is 6.42 Å². The van der Waals surface area contributed by atoms with Gasteiger partial charge in [-0.15, -0.1) is 0 Å². The van der Waals surface area contributed by atoms with Gasteiger partial charge in [0.25, 0.3) is 6.54 Å². The van der Waals surface area contributed by atoms with E-state index in [1.807, 2.05) is 0 Å². The predicted molar refractivity (Wildman–Crippen MR) is 61.7 cm³/mol. The minimum atomic E-state index is -0.845. The van der Waals surface area contributed by atoms with E-state index in [0.717, 1.165) is 0 Å². The average Bonchev–Trinajstić information content (AvgIpc) is 2.27. The Bertz CT molecular complexity index is 461. The summed E-state index contributed by atoms with van der Waals surface area (Å²) in [7, 11) is 0. The Balaban J connectivity index is 2.76. The molecule has 0 radical (unpaired) electrons. The van der Waals surface area contributed by atoms with Crippen LogP contribution in [-0.2, 0) is 4.79 Å². The number of benzene rings is 1. The number of anilines is 1. The molecule has 0 fully saturated rings. The number of hydrogen-bond donors (Lipinski definition) is 1. The van der Waals surface area contributed by atoms with E-state index in [2.05, 4.69) is 4.84 Å². The molecule has 0 spiro atoms. The Labute approximate surface area is 102 Å². The van der Waals surface area contributed by atoms with Gasteiger partial charge in [0.2, 0.25) is 5.78 Å². The second kappa shape index (κ2) is 5.95. The van der Waals surface area contributed by atoms with Crippen molar-refractivity contribution < 1.29 is 14.5 Å². The highest BCUT2D eigenvalue weighted by atomic mass is 35.5. The molecule has 0 saturated carbocycles. The van der Waals surface area contributed by atoms with Gasteiger partial charge in [0.15, 0.2) is 5.78 Å². The molecule has 1 rings (SSSR count). The molecular weight excluding hydrogens is 248 g/mol. The Morgan fingerprint density at radius 2 is 2.00 bits per heavy atom. The number of nitrogens with one attached hydrogen (secondary N) is 1. The molecule has 0 saturated heterocycles. The normalized spacial score (nSPS) is 9.71. The van der Waals surface area contributed by atoms with E-state index < -0.39 is 29.5 Å². The van der Waals surface area contributed by atoms with E-state index >= 15 is 0 Å². The van der Waals surface area contributed by atoms with Gasteiger partial charge in [0.05, 0.1) is 12.1 Å². The fourth-order valence-corrected chi connectivity index (χ4v) is 1.45. The standard InChI is InChI=1S/C10H9ClN2O4/c11-12-9-4-2-1-3-8(9)10(15)5-7(14)6-13(16)17/h1-4,12H,5-6H2. The van der Waals surface area contributed by atoms with Gasteiger partial charge < -0.3 is 0 Å². The molecule has 90 valence electrons. The van der Waals surface area contributed by atoms with E-state index in [1.54, 1.807) is 18.2 Å². The topological polar surface area (TPSA) is 89.3 Å². The maximum Gasteiger partial charge on any atom is 0.261 e. The third kappa shape index (κ3) is 3.84. The maximum atomic E-state index is 11.7. The fourth-order valence-electron chi connectivity index (χ4n) is 1.28. The molecule has 0 bridgehead atoms. The van der Waals surface area contributed by atoms with E-state index in [-0.39, 0.29) is 5.56 Å². The number of ketones is 2. The molecular formula is C10H9ClN2O4. The Morgan fingerprint density at radius 1 is 1.35 bits per heavy atom. The zero-order valence-corrected chi connectivity index (χ0v) is 9.44. The molecule has 7 heteroatoms. The Hall–Kier alpha value is -1.95. The highest BCUT2D eigenvalue weighted by molar-refractivity contribution is 6.25. The molecule has 0 heterocycles. The van der Waals surface area contributed by atoms with Crippen LogP contribution in [0.1, 0.15) is 16.8 Å². The van der Waals surface area contributed by atoms with Gasteiger partial charge in [0.1, 0.15) is 0 Å². The van der Waals surface area contributed by atoms with Crippen LogP contribution in [0, 0.1) is 10.1 Å². The first-order valence-corrected chi connectivity index (χ1v) is 5.04. The first-order valence-electron chi connectivity index (χ1n) is 4.67. The van der Waals surface area contributed by atoms with Crippen LogP contribution >= 0.6 is 11.8 Å². The summed E-state index contributed by atoms with van der Waals surface area (Å²) in [6.07, 6.45) is -0.503. The maximum absolute atomic E-state index is 11.7. The minimum Gasteiger partial charge on any atom is -0.298 e. The summed E-state index contributed by atoms with van der Waals surface area (Å²) < 4.78 is 0. The van der Waals surface area contributed by atoms with Crippen molar-refractivity contribution in [2.24, 2.45) is 0 Å². The van der Waals surface area contributed by atoms with Crippen LogP contribution in [0.15, 0.2) is 24.3 Å². The Kier molecular flexibility index (Phi) is 4.59. The van der Waals surface area contributed by atoms with Crippen LogP contribution in [0.2, 0.25) is 0 Å². The van der Waals surface area contributed by atoms with Crippen LogP contribution in [-0.4, -0.2) is 23.0 Å². The summed E-state index contributed by atoms with van der Waals surface area (Å²) in [6, 6.07) is 6.34. The first kappa shape index (κ1) is 13.1. The van der Waals surface area contributed by atoms with Crippen LogP contribution in [0.3, 0.4) is 0 Å². The molecule has 0 aliphatic heterocycles. The van der Waals surface area contributed by atoms with Crippen molar-refractivity contribution in [3.8, 4) is 0 Å². The number of halogens is 1. The minimum absolute atomic E-state index is 0.235. The van der Waals surface area contributed by atoms with Crippen LogP contribution in [0.4, 0.5) is 5.69 Å². The van der Waals surface area contributed by atoms with Crippen molar-refractivity contribution in [3.05, 3.63) is 39.9 Å². The summed E-state index contributed by atoms with van der Waals surface area (Å²) in [5.74, 6) is -1.23. The van der Waals surface area contributed by atoms with Crippen LogP contribution < -0.4 is 4.84 Å². The summed E-state index contributed by atoms with van der Waals surface area (Å²) in [5.41, 5.74) is 0.604. The molecule has 1 aromatic carbocycles. The summed E-state index contributed by atoms with van der Waals surface area (Å²) in [5, 5.41) is 10.1. The summed E-state index contributed by atoms with van der Waals surface area (Å²) in [4.78, 5) is 34.4. The van der Waals surface area contributed by atoms with Crippen LogP contribution in [0.5, 0.6) is 0 Å². The monoisotopic (exact) mass is 256 g/mol. The molecule has 0 unspecified atom stereocenters. The number of carbonyl (C=O) groups is 2. The van der Waals surface area contributed by atoms with Crippen molar-refractivity contribution >= 4 is 29.0 Å². The number of nitrogens with zero attached hydrogens (tertiary/aromatic N) is 1. The fraction of sp³-hybridized carbons (Fsp3) is 0.200. The van der Waals surface area contributed by atoms with E-state index in [0.29, 0.717) is 5.69 Å². The second-order valence-electron chi connectivity index (χ2n) is 3.27. The van der Waals surface area contributed by atoms with Crippen molar-refractivity contribution in [3.63, 3.8) is 0 Å². The zero-order chi connectivity index (χ0) is 12.8. The predicted octanol–water partition coefficient (Wildman–Crippen LogP) is 1.67. The number of rotatable bonds is 6. The highest BCUT2D eigenvalue weighted by Gasteiger charge is 2.18. The number of carbonyl (C=O) groups excluding carboxylic acids is 2. The van der Waals surface area contributed by atoms with Gasteiger partial charge in [-0.1, -0.05) is 12.1 Å². The van der Waals surface area contributed by atoms with Gasteiger partial charge in [-0.2, -0.15) is 0 Å². The smallest absolute Gasteiger partial charge is 0.261 e. The molecule has 0 atom stereocenters. The first-order chi connectivity index (χ1) is 8.04. The highest BCUT2D eigenvalue weighted by Crippen LogP contribution is 2.17. The molecule has 6 nitrogen and oxygen atoms in total. The van der Waals surface area contributed by atoms with E-state index in [4.69, 9.17) is 11.8 Å². The van der Waals surface area contributed by atoms with Gasteiger partial charge in [0, 0.05) is 22.3 Å². The van der Waals surface area contributed by atoms with Crippen molar-refractivity contribution in [1.29, 1.82) is 0 Å². The van der Waals surface area contributed by atoms with Gasteiger partial charge in [-0.3, -0.25) is 24.5 Å². The van der Waals surface area contributed by atoms with Crippen molar-refractivity contribution in [2.75, 3.05) is 11.4 Å². The molecule has 0 amide bonds. The number of nitro groups is 1. The lowest BCUT2D eigenvalue weighted by atomic mass is 10.0. The largest absolute Gasteiger partial charge is 0.298 e. The van der Waals surface area contributed by atoms with Crippen LogP contribution in [0.25, 0.3) is 0 Å². The van der Waals surface area contributed by atoms with Gasteiger partial charge in [-0.05, 0) is 12.1 Å². The second-order valence-corrected chi connectivity index (χ2v) is 3.46. The molecule has 0 aromatic heterocycles. The van der Waals surface area contributed by atoms with Crippen molar-refractivity contribution in [1.82, 2.24) is 0 Å². The van der Waals surface area contributed by atoms with E-state index in [1.165, 1.54) is 6.07 Å². The van der Waals surface area contributed by atoms with Gasteiger partial charge >= 0.3 is 0 Å². The molecule has 17 heavy (non-hydrogen) atoms. The molecule has 0 aliphatic carbocycles. The molecule has 1 N–H and O–H groups in total. The molecule has 1 aromatic rings. The van der Waals surface area contributed by atoms with Gasteiger partial charge in [-0.25, -0.2) is 0 Å². The molecule has 0 aliphatic rings. The lowest BCUT2D eigenvalue weighted by Gasteiger charge is -2.04. The SMILES string of the molecule is O=C(CC(=O)c1ccccc1NCl)C[N+](=O)[O-].